The molecule has 2 rings (SSSR count). The van der Waals surface area contributed by atoms with E-state index >= 15 is 0 Å². The Bertz CT molecular complexity index is 571. The molecule has 4 heteroatoms. The summed E-state index contributed by atoms with van der Waals surface area (Å²) in [6.45, 7) is 1.88. The van der Waals surface area contributed by atoms with Gasteiger partial charge in [0.05, 0.1) is 30.0 Å². The lowest BCUT2D eigenvalue weighted by Gasteiger charge is -2.31. The quantitative estimate of drug-likeness (QED) is 0.883. The largest absolute Gasteiger partial charge is 0.497 e. The summed E-state index contributed by atoms with van der Waals surface area (Å²) in [5.41, 5.74) is 1.14. The molecule has 2 aromatic rings. The minimum Gasteiger partial charge on any atom is -0.497 e. The van der Waals surface area contributed by atoms with Crippen LogP contribution in [0.3, 0.4) is 0 Å². The van der Waals surface area contributed by atoms with Crippen LogP contribution in [0.5, 0.6) is 5.75 Å². The molecule has 0 radical (unpaired) electrons. The zero-order valence-corrected chi connectivity index (χ0v) is 12.3. The van der Waals surface area contributed by atoms with Crippen molar-refractivity contribution in [3.05, 3.63) is 59.1 Å². The van der Waals surface area contributed by atoms with E-state index < -0.39 is 5.54 Å². The van der Waals surface area contributed by atoms with Gasteiger partial charge >= 0.3 is 0 Å². The molecule has 0 aliphatic carbocycles. The number of hydrogen-bond acceptors (Lipinski definition) is 3. The van der Waals surface area contributed by atoms with Crippen molar-refractivity contribution in [3.8, 4) is 5.75 Å². The number of nitrogens with one attached hydrogen (secondary N) is 1. The minimum atomic E-state index is -0.614. The van der Waals surface area contributed by atoms with Crippen molar-refractivity contribution in [2.24, 2.45) is 0 Å². The molecule has 2 aromatic carbocycles. The molecule has 20 heavy (non-hydrogen) atoms. The molecule has 0 aliphatic rings. The molecule has 0 saturated carbocycles. The van der Waals surface area contributed by atoms with Crippen LogP contribution in [0.25, 0.3) is 0 Å². The highest BCUT2D eigenvalue weighted by molar-refractivity contribution is 6.33. The first-order valence-electron chi connectivity index (χ1n) is 6.37. The van der Waals surface area contributed by atoms with Gasteiger partial charge < -0.3 is 15.2 Å². The molecule has 1 atom stereocenters. The number of halogens is 1. The fourth-order valence-electron chi connectivity index (χ4n) is 2.02. The highest BCUT2D eigenvalue weighted by Crippen LogP contribution is 2.30. The standard InChI is InChI=1S/C16H18ClNO2/c1-16(11-19,12-7-9-13(20-2)10-8-12)18-15-6-4-3-5-14(15)17/h3-10,18-19H,11H2,1-2H3. The number of anilines is 1. The summed E-state index contributed by atoms with van der Waals surface area (Å²) in [5, 5.41) is 13.7. The van der Waals surface area contributed by atoms with E-state index in [9.17, 15) is 5.11 Å². The summed E-state index contributed by atoms with van der Waals surface area (Å²) in [7, 11) is 1.63. The van der Waals surface area contributed by atoms with Gasteiger partial charge in [-0.2, -0.15) is 0 Å². The normalized spacial score (nSPS) is 13.6. The summed E-state index contributed by atoms with van der Waals surface area (Å²) in [6.07, 6.45) is 0. The predicted molar refractivity (Wildman–Crippen MR) is 82.5 cm³/mol. The Morgan fingerprint density at radius 2 is 1.80 bits per heavy atom. The number of aliphatic hydroxyl groups is 1. The van der Waals surface area contributed by atoms with Crippen molar-refractivity contribution >= 4 is 17.3 Å². The van der Waals surface area contributed by atoms with Crippen molar-refractivity contribution in [3.63, 3.8) is 0 Å². The maximum atomic E-state index is 9.78. The molecule has 0 heterocycles. The molecule has 0 fully saturated rings. The van der Waals surface area contributed by atoms with Crippen LogP contribution < -0.4 is 10.1 Å². The first-order chi connectivity index (χ1) is 9.59. The number of ether oxygens (including phenoxy) is 1. The maximum Gasteiger partial charge on any atom is 0.118 e. The zero-order chi connectivity index (χ0) is 14.6. The monoisotopic (exact) mass is 291 g/mol. The molecule has 0 aliphatic heterocycles. The van der Waals surface area contributed by atoms with Crippen LogP contribution in [0, 0.1) is 0 Å². The van der Waals surface area contributed by atoms with E-state index in [0.29, 0.717) is 5.02 Å². The smallest absolute Gasteiger partial charge is 0.118 e. The van der Waals surface area contributed by atoms with Gasteiger partial charge in [0.15, 0.2) is 0 Å². The highest BCUT2D eigenvalue weighted by atomic mass is 35.5. The van der Waals surface area contributed by atoms with Crippen LogP contribution in [0.15, 0.2) is 48.5 Å². The van der Waals surface area contributed by atoms with E-state index in [-0.39, 0.29) is 6.61 Å². The molecule has 0 saturated heterocycles. The Labute approximate surface area is 124 Å². The summed E-state index contributed by atoms with van der Waals surface area (Å²) in [6, 6.07) is 15.1. The molecule has 0 amide bonds. The summed E-state index contributed by atoms with van der Waals surface area (Å²) < 4.78 is 5.15. The molecule has 1 unspecified atom stereocenters. The second kappa shape index (κ2) is 6.16. The summed E-state index contributed by atoms with van der Waals surface area (Å²) in [4.78, 5) is 0. The molecule has 106 valence electrons. The molecular weight excluding hydrogens is 274 g/mol. The maximum absolute atomic E-state index is 9.78. The van der Waals surface area contributed by atoms with Crippen molar-refractivity contribution in [1.82, 2.24) is 0 Å². The molecule has 0 bridgehead atoms. The van der Waals surface area contributed by atoms with Crippen molar-refractivity contribution in [1.29, 1.82) is 0 Å². The predicted octanol–water partition coefficient (Wildman–Crippen LogP) is 3.67. The van der Waals surface area contributed by atoms with Crippen molar-refractivity contribution in [2.75, 3.05) is 19.0 Å². The minimum absolute atomic E-state index is 0.0510. The van der Waals surface area contributed by atoms with Crippen molar-refractivity contribution < 1.29 is 9.84 Å². The van der Waals surface area contributed by atoms with Crippen LogP contribution in [-0.2, 0) is 5.54 Å². The van der Waals surface area contributed by atoms with E-state index in [0.717, 1.165) is 17.0 Å². The van der Waals surface area contributed by atoms with Crippen LogP contribution in [0.2, 0.25) is 5.02 Å². The zero-order valence-electron chi connectivity index (χ0n) is 11.6. The SMILES string of the molecule is COc1ccc(C(C)(CO)Nc2ccccc2Cl)cc1. The topological polar surface area (TPSA) is 41.5 Å². The Morgan fingerprint density at radius 1 is 1.15 bits per heavy atom. The van der Waals surface area contributed by atoms with E-state index in [1.165, 1.54) is 0 Å². The first-order valence-corrected chi connectivity index (χ1v) is 6.75. The van der Waals surface area contributed by atoms with Gasteiger partial charge in [0, 0.05) is 0 Å². The summed E-state index contributed by atoms with van der Waals surface area (Å²) >= 11 is 6.16. The van der Waals surface area contributed by atoms with Crippen LogP contribution >= 0.6 is 11.6 Å². The molecule has 0 aromatic heterocycles. The van der Waals surface area contributed by atoms with Crippen LogP contribution in [-0.4, -0.2) is 18.8 Å². The molecule has 0 spiro atoms. The number of para-hydroxylation sites is 1. The Morgan fingerprint density at radius 3 is 2.35 bits per heavy atom. The third-order valence-electron chi connectivity index (χ3n) is 3.33. The average molecular weight is 292 g/mol. The Balaban J connectivity index is 2.30. The summed E-state index contributed by atoms with van der Waals surface area (Å²) in [5.74, 6) is 0.784. The van der Waals surface area contributed by atoms with Gasteiger partial charge in [-0.25, -0.2) is 0 Å². The lowest BCUT2D eigenvalue weighted by atomic mass is 9.92. The van der Waals surface area contributed by atoms with Gasteiger partial charge in [-0.15, -0.1) is 0 Å². The third-order valence-corrected chi connectivity index (χ3v) is 3.66. The highest BCUT2D eigenvalue weighted by Gasteiger charge is 2.26. The molecular formula is C16H18ClNO2. The van der Waals surface area contributed by atoms with Crippen LogP contribution in [0.1, 0.15) is 12.5 Å². The fourth-order valence-corrected chi connectivity index (χ4v) is 2.20. The van der Waals surface area contributed by atoms with Gasteiger partial charge in [0.1, 0.15) is 5.75 Å². The van der Waals surface area contributed by atoms with Crippen LogP contribution in [0.4, 0.5) is 5.69 Å². The number of rotatable bonds is 5. The number of methoxy groups -OCH3 is 1. The lowest BCUT2D eigenvalue weighted by Crippen LogP contribution is -2.35. The number of aliphatic hydroxyl groups excluding tert-OH is 1. The number of benzene rings is 2. The van der Waals surface area contributed by atoms with Gasteiger partial charge in [-0.3, -0.25) is 0 Å². The first kappa shape index (κ1) is 14.7. The second-order valence-corrected chi connectivity index (χ2v) is 5.23. The molecule has 2 N–H and O–H groups in total. The molecule has 3 nitrogen and oxygen atoms in total. The van der Waals surface area contributed by atoms with E-state index in [1.54, 1.807) is 7.11 Å². The second-order valence-electron chi connectivity index (χ2n) is 4.82. The lowest BCUT2D eigenvalue weighted by molar-refractivity contribution is 0.224. The van der Waals surface area contributed by atoms with E-state index in [4.69, 9.17) is 16.3 Å². The third kappa shape index (κ3) is 3.06. The Hall–Kier alpha value is -1.71. The fraction of sp³-hybridized carbons (Fsp3) is 0.250. The van der Waals surface area contributed by atoms with Gasteiger partial charge in [0.2, 0.25) is 0 Å². The van der Waals surface area contributed by atoms with Gasteiger partial charge in [-0.05, 0) is 36.8 Å². The van der Waals surface area contributed by atoms with E-state index in [1.807, 2.05) is 55.5 Å². The van der Waals surface area contributed by atoms with Gasteiger partial charge in [0.25, 0.3) is 0 Å². The number of hydrogen-bond donors (Lipinski definition) is 2. The average Bonchev–Trinajstić information content (AvgIpc) is 2.49. The van der Waals surface area contributed by atoms with E-state index in [2.05, 4.69) is 5.32 Å². The van der Waals surface area contributed by atoms with Gasteiger partial charge in [-0.1, -0.05) is 35.9 Å². The Kier molecular flexibility index (Phi) is 4.53. The van der Waals surface area contributed by atoms with Crippen molar-refractivity contribution in [2.45, 2.75) is 12.5 Å².